The van der Waals surface area contributed by atoms with Crippen LogP contribution in [0.15, 0.2) is 48.7 Å². The molecule has 2 aliphatic rings. The molecule has 28 heavy (non-hydrogen) atoms. The summed E-state index contributed by atoms with van der Waals surface area (Å²) in [5.74, 6) is -0.175. The number of carbonyl (C=O) groups excluding carboxylic acids is 1. The monoisotopic (exact) mass is 378 g/mol. The smallest absolute Gasteiger partial charge is 0.253 e. The maximum atomic E-state index is 13.4. The third kappa shape index (κ3) is 3.07. The van der Waals surface area contributed by atoms with Crippen LogP contribution in [0.4, 0.5) is 4.39 Å². The standard InChI is InChI=1S/C22H23FN4O/c23-18-5-8-21-17(13-18)14-24-27(21)19-6-3-16(4-7-19)22(28)26-12-9-20(15-26)25-10-1-2-11-25/h3-8,13-14,20H,1-2,9-12,15H2/t20-/m0/s1. The topological polar surface area (TPSA) is 41.4 Å². The van der Waals surface area contributed by atoms with E-state index in [4.69, 9.17) is 0 Å². The molecule has 3 aromatic rings. The Balaban J connectivity index is 1.32. The molecule has 1 amide bonds. The summed E-state index contributed by atoms with van der Waals surface area (Å²) in [7, 11) is 0. The molecule has 0 aliphatic carbocycles. The maximum absolute atomic E-state index is 13.4. The molecular weight excluding hydrogens is 355 g/mol. The molecule has 6 heteroatoms. The highest BCUT2D eigenvalue weighted by Gasteiger charge is 2.31. The van der Waals surface area contributed by atoms with Gasteiger partial charge in [0.25, 0.3) is 5.91 Å². The van der Waals surface area contributed by atoms with Gasteiger partial charge in [0.2, 0.25) is 0 Å². The summed E-state index contributed by atoms with van der Waals surface area (Å²) in [6.07, 6.45) is 5.28. The first kappa shape index (κ1) is 17.4. The van der Waals surface area contributed by atoms with Gasteiger partial charge in [-0.3, -0.25) is 9.69 Å². The van der Waals surface area contributed by atoms with Crippen molar-refractivity contribution in [2.45, 2.75) is 25.3 Å². The van der Waals surface area contributed by atoms with Crippen LogP contribution in [-0.4, -0.2) is 57.7 Å². The van der Waals surface area contributed by atoms with E-state index in [0.29, 0.717) is 11.6 Å². The predicted molar refractivity (Wildman–Crippen MR) is 106 cm³/mol. The Labute approximate surface area is 163 Å². The van der Waals surface area contributed by atoms with Gasteiger partial charge in [-0.1, -0.05) is 0 Å². The number of hydrogen-bond acceptors (Lipinski definition) is 3. The molecule has 0 N–H and O–H groups in total. The van der Waals surface area contributed by atoms with E-state index in [1.54, 1.807) is 16.9 Å². The van der Waals surface area contributed by atoms with Crippen molar-refractivity contribution < 1.29 is 9.18 Å². The van der Waals surface area contributed by atoms with Crippen molar-refractivity contribution in [3.8, 4) is 5.69 Å². The first-order chi connectivity index (χ1) is 13.7. The van der Waals surface area contributed by atoms with Crippen molar-refractivity contribution in [1.29, 1.82) is 0 Å². The summed E-state index contributed by atoms with van der Waals surface area (Å²) < 4.78 is 15.1. The van der Waals surface area contributed by atoms with Gasteiger partial charge in [-0.25, -0.2) is 9.07 Å². The summed E-state index contributed by atoms with van der Waals surface area (Å²) in [6.45, 7) is 4.00. The first-order valence-corrected chi connectivity index (χ1v) is 9.96. The number of fused-ring (bicyclic) bond motifs is 1. The number of likely N-dealkylation sites (tertiary alicyclic amines) is 2. The lowest BCUT2D eigenvalue weighted by atomic mass is 10.1. The average Bonchev–Trinajstić information content (AvgIpc) is 3.46. The molecule has 1 atom stereocenters. The van der Waals surface area contributed by atoms with E-state index in [1.807, 2.05) is 29.2 Å². The molecule has 2 aliphatic heterocycles. The van der Waals surface area contributed by atoms with E-state index < -0.39 is 0 Å². The van der Waals surface area contributed by atoms with E-state index in [1.165, 1.54) is 38.1 Å². The maximum Gasteiger partial charge on any atom is 0.253 e. The van der Waals surface area contributed by atoms with Gasteiger partial charge < -0.3 is 4.90 Å². The fraction of sp³-hybridized carbons (Fsp3) is 0.364. The third-order valence-electron chi connectivity index (χ3n) is 6.00. The highest BCUT2D eigenvalue weighted by Crippen LogP contribution is 2.23. The molecule has 2 saturated heterocycles. The largest absolute Gasteiger partial charge is 0.337 e. The number of hydrogen-bond donors (Lipinski definition) is 0. The van der Waals surface area contributed by atoms with Crippen LogP contribution < -0.4 is 0 Å². The second-order valence-corrected chi connectivity index (χ2v) is 7.74. The molecule has 0 bridgehead atoms. The average molecular weight is 378 g/mol. The summed E-state index contributed by atoms with van der Waals surface area (Å²) in [4.78, 5) is 17.4. The predicted octanol–water partition coefficient (Wildman–Crippen LogP) is 3.47. The number of amides is 1. The molecule has 2 fully saturated rings. The van der Waals surface area contributed by atoms with E-state index in [2.05, 4.69) is 10.00 Å². The number of benzene rings is 2. The molecule has 2 aromatic carbocycles. The molecular formula is C22H23FN4O. The minimum absolute atomic E-state index is 0.0978. The van der Waals surface area contributed by atoms with Crippen LogP contribution in [0, 0.1) is 5.82 Å². The Morgan fingerprint density at radius 2 is 1.82 bits per heavy atom. The van der Waals surface area contributed by atoms with Crippen LogP contribution >= 0.6 is 0 Å². The summed E-state index contributed by atoms with van der Waals surface area (Å²) in [6, 6.07) is 12.7. The lowest BCUT2D eigenvalue weighted by Gasteiger charge is -2.23. The molecule has 0 saturated carbocycles. The highest BCUT2D eigenvalue weighted by atomic mass is 19.1. The van der Waals surface area contributed by atoms with Gasteiger partial charge in [0.1, 0.15) is 5.82 Å². The van der Waals surface area contributed by atoms with Gasteiger partial charge in [0.05, 0.1) is 17.4 Å². The second kappa shape index (κ2) is 7.02. The number of carbonyl (C=O) groups is 1. The SMILES string of the molecule is O=C(c1ccc(-n2ncc3cc(F)ccc32)cc1)N1CC[C@H](N2CCCC2)C1. The third-order valence-corrected chi connectivity index (χ3v) is 6.00. The molecule has 5 rings (SSSR count). The van der Waals surface area contributed by atoms with Crippen molar-refractivity contribution in [2.24, 2.45) is 0 Å². The Morgan fingerprint density at radius 1 is 1.04 bits per heavy atom. The number of halogens is 1. The molecule has 1 aromatic heterocycles. The minimum atomic E-state index is -0.272. The molecule has 5 nitrogen and oxygen atoms in total. The van der Waals surface area contributed by atoms with Gasteiger partial charge in [0.15, 0.2) is 0 Å². The molecule has 144 valence electrons. The lowest BCUT2D eigenvalue weighted by Crippen LogP contribution is -2.37. The summed E-state index contributed by atoms with van der Waals surface area (Å²) in [5, 5.41) is 5.12. The van der Waals surface area contributed by atoms with Crippen molar-refractivity contribution in [3.63, 3.8) is 0 Å². The van der Waals surface area contributed by atoms with Gasteiger partial charge in [-0.2, -0.15) is 5.10 Å². The zero-order valence-corrected chi connectivity index (χ0v) is 15.7. The fourth-order valence-electron chi connectivity index (χ4n) is 4.47. The van der Waals surface area contributed by atoms with Crippen molar-refractivity contribution >= 4 is 16.8 Å². The molecule has 0 radical (unpaired) electrons. The van der Waals surface area contributed by atoms with Crippen LogP contribution in [0.25, 0.3) is 16.6 Å². The number of nitrogens with zero attached hydrogens (tertiary/aromatic N) is 4. The molecule has 0 spiro atoms. The van der Waals surface area contributed by atoms with Gasteiger partial charge in [0, 0.05) is 30.1 Å². The van der Waals surface area contributed by atoms with E-state index in [-0.39, 0.29) is 11.7 Å². The lowest BCUT2D eigenvalue weighted by molar-refractivity contribution is 0.0780. The quantitative estimate of drug-likeness (QED) is 0.701. The Hall–Kier alpha value is -2.73. The van der Waals surface area contributed by atoms with Crippen LogP contribution in [0.2, 0.25) is 0 Å². The normalized spacial score (nSPS) is 20.3. The number of aromatic nitrogens is 2. The summed E-state index contributed by atoms with van der Waals surface area (Å²) >= 11 is 0. The van der Waals surface area contributed by atoms with Crippen LogP contribution in [-0.2, 0) is 0 Å². The van der Waals surface area contributed by atoms with Crippen molar-refractivity contribution in [2.75, 3.05) is 26.2 Å². The Morgan fingerprint density at radius 3 is 2.61 bits per heavy atom. The van der Waals surface area contributed by atoms with Crippen molar-refractivity contribution in [1.82, 2.24) is 19.6 Å². The highest BCUT2D eigenvalue weighted by molar-refractivity contribution is 5.94. The zero-order valence-electron chi connectivity index (χ0n) is 15.7. The summed E-state index contributed by atoms with van der Waals surface area (Å²) in [5.41, 5.74) is 2.40. The first-order valence-electron chi connectivity index (χ1n) is 9.96. The number of rotatable bonds is 3. The fourth-order valence-corrected chi connectivity index (χ4v) is 4.47. The van der Waals surface area contributed by atoms with Crippen molar-refractivity contribution in [3.05, 3.63) is 60.0 Å². The van der Waals surface area contributed by atoms with E-state index in [0.717, 1.165) is 36.1 Å². The van der Waals surface area contributed by atoms with E-state index >= 15 is 0 Å². The molecule has 0 unspecified atom stereocenters. The van der Waals surface area contributed by atoms with Gasteiger partial charge in [-0.15, -0.1) is 0 Å². The van der Waals surface area contributed by atoms with Crippen LogP contribution in [0.1, 0.15) is 29.6 Å². The van der Waals surface area contributed by atoms with Crippen LogP contribution in [0.3, 0.4) is 0 Å². The second-order valence-electron chi connectivity index (χ2n) is 7.74. The van der Waals surface area contributed by atoms with Gasteiger partial charge in [-0.05, 0) is 74.8 Å². The van der Waals surface area contributed by atoms with Crippen LogP contribution in [0.5, 0.6) is 0 Å². The Bertz CT molecular complexity index is 1010. The Kier molecular flexibility index (Phi) is 4.36. The zero-order chi connectivity index (χ0) is 19.1. The minimum Gasteiger partial charge on any atom is -0.337 e. The van der Waals surface area contributed by atoms with E-state index in [9.17, 15) is 9.18 Å². The molecule has 3 heterocycles. The van der Waals surface area contributed by atoms with Gasteiger partial charge >= 0.3 is 0 Å².